The van der Waals surface area contributed by atoms with Crippen LogP contribution in [-0.2, 0) is 0 Å². The second-order valence-corrected chi connectivity index (χ2v) is 3.31. The zero-order chi connectivity index (χ0) is 10.9. The Morgan fingerprint density at radius 1 is 1.29 bits per heavy atom. The van der Waals surface area contributed by atoms with Crippen molar-refractivity contribution in [2.75, 3.05) is 19.0 Å². The molecule has 0 aliphatic heterocycles. The molecular formula is C9H13N3O2. The van der Waals surface area contributed by atoms with Gasteiger partial charge in [0, 0.05) is 14.1 Å². The third-order valence-corrected chi connectivity index (χ3v) is 2.07. The van der Waals surface area contributed by atoms with Crippen LogP contribution < -0.4 is 4.90 Å². The lowest BCUT2D eigenvalue weighted by atomic mass is 10.1. The van der Waals surface area contributed by atoms with Crippen LogP contribution in [0.4, 0.5) is 5.82 Å². The first-order chi connectivity index (χ1) is 6.45. The fourth-order valence-electron chi connectivity index (χ4n) is 1.17. The molecule has 1 aromatic rings. The number of aryl methyl sites for hydroxylation is 1. The molecule has 1 rings (SSSR count). The molecule has 0 aliphatic rings. The molecule has 0 bridgehead atoms. The van der Waals surface area contributed by atoms with Crippen LogP contribution in [0.25, 0.3) is 0 Å². The van der Waals surface area contributed by atoms with Gasteiger partial charge >= 0.3 is 5.97 Å². The van der Waals surface area contributed by atoms with Crippen molar-refractivity contribution in [1.29, 1.82) is 0 Å². The Balaban J connectivity index is 3.45. The van der Waals surface area contributed by atoms with E-state index in [0.29, 0.717) is 17.1 Å². The maximum absolute atomic E-state index is 11.0. The van der Waals surface area contributed by atoms with Gasteiger partial charge in [-0.2, -0.15) is 5.10 Å². The normalized spacial score (nSPS) is 10.0. The van der Waals surface area contributed by atoms with E-state index in [1.807, 2.05) is 0 Å². The van der Waals surface area contributed by atoms with Crippen molar-refractivity contribution < 1.29 is 9.90 Å². The lowest BCUT2D eigenvalue weighted by molar-refractivity contribution is 0.0696. The summed E-state index contributed by atoms with van der Waals surface area (Å²) >= 11 is 0. The summed E-state index contributed by atoms with van der Waals surface area (Å²) in [5.41, 5.74) is 1.53. The number of aromatic nitrogens is 2. The number of carboxylic acids is 1. The van der Waals surface area contributed by atoms with Crippen molar-refractivity contribution in [3.05, 3.63) is 16.8 Å². The number of hydrogen-bond acceptors (Lipinski definition) is 4. The number of anilines is 1. The lowest BCUT2D eigenvalue weighted by Crippen LogP contribution is -2.18. The summed E-state index contributed by atoms with van der Waals surface area (Å²) in [6, 6.07) is 0. The minimum atomic E-state index is -0.968. The predicted molar refractivity (Wildman–Crippen MR) is 52.8 cm³/mol. The molecule has 1 heterocycles. The number of carbonyl (C=O) groups is 1. The standard InChI is InChI=1S/C9H13N3O2/c1-5-6(2)10-11-8(12(3)4)7(5)9(13)14/h1-4H3,(H,13,14). The third kappa shape index (κ3) is 1.66. The van der Waals surface area contributed by atoms with E-state index in [-0.39, 0.29) is 5.56 Å². The Morgan fingerprint density at radius 2 is 1.86 bits per heavy atom. The van der Waals surface area contributed by atoms with Crippen molar-refractivity contribution in [1.82, 2.24) is 10.2 Å². The van der Waals surface area contributed by atoms with Gasteiger partial charge in [0.15, 0.2) is 5.82 Å². The average molecular weight is 195 g/mol. The molecule has 1 N–H and O–H groups in total. The molecule has 0 saturated carbocycles. The van der Waals surface area contributed by atoms with E-state index >= 15 is 0 Å². The van der Waals surface area contributed by atoms with Crippen LogP contribution in [-0.4, -0.2) is 35.4 Å². The van der Waals surface area contributed by atoms with Gasteiger partial charge in [-0.1, -0.05) is 0 Å². The van der Waals surface area contributed by atoms with Crippen molar-refractivity contribution in [2.24, 2.45) is 0 Å². The van der Waals surface area contributed by atoms with Gasteiger partial charge in [0.25, 0.3) is 0 Å². The van der Waals surface area contributed by atoms with E-state index in [0.717, 1.165) is 0 Å². The number of carboxylic acid groups (broad SMARTS) is 1. The average Bonchev–Trinajstić information content (AvgIpc) is 2.08. The molecule has 0 aliphatic carbocycles. The van der Waals surface area contributed by atoms with Crippen LogP contribution >= 0.6 is 0 Å². The number of aromatic carboxylic acids is 1. The van der Waals surface area contributed by atoms with Crippen LogP contribution in [0, 0.1) is 13.8 Å². The topological polar surface area (TPSA) is 66.3 Å². The molecule has 0 aromatic carbocycles. The summed E-state index contributed by atoms with van der Waals surface area (Å²) in [4.78, 5) is 12.6. The Kier molecular flexibility index (Phi) is 2.69. The van der Waals surface area contributed by atoms with Crippen molar-refractivity contribution in [2.45, 2.75) is 13.8 Å². The lowest BCUT2D eigenvalue weighted by Gasteiger charge is -2.15. The van der Waals surface area contributed by atoms with E-state index in [4.69, 9.17) is 5.11 Å². The highest BCUT2D eigenvalue weighted by molar-refractivity contribution is 5.94. The second-order valence-electron chi connectivity index (χ2n) is 3.31. The van der Waals surface area contributed by atoms with Crippen molar-refractivity contribution in [3.8, 4) is 0 Å². The zero-order valence-electron chi connectivity index (χ0n) is 8.70. The SMILES string of the molecule is Cc1nnc(N(C)C)c(C(=O)O)c1C. The first-order valence-electron chi connectivity index (χ1n) is 4.19. The molecule has 76 valence electrons. The van der Waals surface area contributed by atoms with Crippen LogP contribution in [0.3, 0.4) is 0 Å². The number of nitrogens with zero attached hydrogens (tertiary/aromatic N) is 3. The van der Waals surface area contributed by atoms with Gasteiger partial charge in [-0.25, -0.2) is 4.79 Å². The third-order valence-electron chi connectivity index (χ3n) is 2.07. The minimum Gasteiger partial charge on any atom is -0.478 e. The maximum atomic E-state index is 11.0. The molecule has 0 amide bonds. The summed E-state index contributed by atoms with van der Waals surface area (Å²) in [6.07, 6.45) is 0. The van der Waals surface area contributed by atoms with E-state index in [2.05, 4.69) is 10.2 Å². The summed E-state index contributed by atoms with van der Waals surface area (Å²) in [5.74, 6) is -0.579. The van der Waals surface area contributed by atoms with Gasteiger partial charge < -0.3 is 10.0 Å². The Hall–Kier alpha value is -1.65. The minimum absolute atomic E-state index is 0.225. The first-order valence-corrected chi connectivity index (χ1v) is 4.19. The molecular weight excluding hydrogens is 182 g/mol. The van der Waals surface area contributed by atoms with E-state index < -0.39 is 5.97 Å². The number of rotatable bonds is 2. The van der Waals surface area contributed by atoms with Gasteiger partial charge in [-0.3, -0.25) is 0 Å². The fourth-order valence-corrected chi connectivity index (χ4v) is 1.17. The molecule has 0 fully saturated rings. The molecule has 0 unspecified atom stereocenters. The van der Waals surface area contributed by atoms with Crippen LogP contribution in [0.15, 0.2) is 0 Å². The van der Waals surface area contributed by atoms with Gasteiger partial charge in [0.2, 0.25) is 0 Å². The summed E-state index contributed by atoms with van der Waals surface area (Å²) in [6.45, 7) is 3.48. The summed E-state index contributed by atoms with van der Waals surface area (Å²) in [5, 5.41) is 16.8. The second kappa shape index (κ2) is 3.61. The van der Waals surface area contributed by atoms with Crippen LogP contribution in [0.2, 0.25) is 0 Å². The summed E-state index contributed by atoms with van der Waals surface area (Å²) < 4.78 is 0. The van der Waals surface area contributed by atoms with Gasteiger partial charge in [0.05, 0.1) is 5.69 Å². The fraction of sp³-hybridized carbons (Fsp3) is 0.444. The highest BCUT2D eigenvalue weighted by atomic mass is 16.4. The first kappa shape index (κ1) is 10.4. The van der Waals surface area contributed by atoms with Gasteiger partial charge in [-0.15, -0.1) is 5.10 Å². The Morgan fingerprint density at radius 3 is 2.29 bits per heavy atom. The van der Waals surface area contributed by atoms with E-state index in [9.17, 15) is 4.79 Å². The molecule has 0 radical (unpaired) electrons. The Labute approximate surface area is 82.4 Å². The van der Waals surface area contributed by atoms with Crippen molar-refractivity contribution >= 4 is 11.8 Å². The van der Waals surface area contributed by atoms with Crippen molar-refractivity contribution in [3.63, 3.8) is 0 Å². The van der Waals surface area contributed by atoms with Crippen LogP contribution in [0.5, 0.6) is 0 Å². The molecule has 0 saturated heterocycles. The van der Waals surface area contributed by atoms with E-state index in [1.165, 1.54) is 0 Å². The molecule has 0 atom stereocenters. The van der Waals surface area contributed by atoms with Gasteiger partial charge in [0.1, 0.15) is 5.56 Å². The van der Waals surface area contributed by atoms with E-state index in [1.54, 1.807) is 32.8 Å². The highest BCUT2D eigenvalue weighted by Crippen LogP contribution is 2.19. The maximum Gasteiger partial charge on any atom is 0.339 e. The molecule has 5 nitrogen and oxygen atoms in total. The highest BCUT2D eigenvalue weighted by Gasteiger charge is 2.18. The Bertz CT molecular complexity index is 375. The molecule has 14 heavy (non-hydrogen) atoms. The molecule has 0 spiro atoms. The zero-order valence-corrected chi connectivity index (χ0v) is 8.70. The van der Waals surface area contributed by atoms with Gasteiger partial charge in [-0.05, 0) is 19.4 Å². The summed E-state index contributed by atoms with van der Waals surface area (Å²) in [7, 11) is 3.48. The smallest absolute Gasteiger partial charge is 0.339 e. The monoisotopic (exact) mass is 195 g/mol. The van der Waals surface area contributed by atoms with Crippen LogP contribution in [0.1, 0.15) is 21.6 Å². The largest absolute Gasteiger partial charge is 0.478 e. The molecule has 5 heteroatoms. The predicted octanol–water partition coefficient (Wildman–Crippen LogP) is 0.858. The quantitative estimate of drug-likeness (QED) is 0.758. The molecule has 1 aromatic heterocycles. The number of hydrogen-bond donors (Lipinski definition) is 1.